The number of aryl methyl sites for hydroxylation is 2. The summed E-state index contributed by atoms with van der Waals surface area (Å²) >= 11 is 5.94. The van der Waals surface area contributed by atoms with Crippen molar-refractivity contribution < 1.29 is 4.79 Å². The first-order valence-corrected chi connectivity index (χ1v) is 5.91. The van der Waals surface area contributed by atoms with Crippen LogP contribution in [0, 0.1) is 11.3 Å². The van der Waals surface area contributed by atoms with Crippen molar-refractivity contribution >= 4 is 23.3 Å². The van der Waals surface area contributed by atoms with Gasteiger partial charge in [-0.05, 0) is 6.92 Å². The largest absolute Gasteiger partial charge is 0.304 e. The molecule has 0 unspecified atom stereocenters. The van der Waals surface area contributed by atoms with Crippen LogP contribution < -0.4 is 5.32 Å². The van der Waals surface area contributed by atoms with Crippen molar-refractivity contribution in [3.63, 3.8) is 0 Å². The van der Waals surface area contributed by atoms with Gasteiger partial charge in [0, 0.05) is 13.6 Å². The Morgan fingerprint density at radius 3 is 2.89 bits per heavy atom. The Morgan fingerprint density at radius 2 is 2.26 bits per heavy atom. The molecule has 0 aromatic carbocycles. The number of nitrogens with zero attached hydrogens (tertiary/aromatic N) is 5. The van der Waals surface area contributed by atoms with E-state index in [4.69, 9.17) is 16.9 Å². The van der Waals surface area contributed by atoms with Crippen LogP contribution in [0.15, 0.2) is 12.4 Å². The number of nitriles is 1. The van der Waals surface area contributed by atoms with Crippen LogP contribution in [0.3, 0.4) is 0 Å². The summed E-state index contributed by atoms with van der Waals surface area (Å²) in [7, 11) is 1.63. The van der Waals surface area contributed by atoms with E-state index in [1.54, 1.807) is 7.05 Å². The van der Waals surface area contributed by atoms with E-state index in [2.05, 4.69) is 15.5 Å². The maximum absolute atomic E-state index is 12.2. The van der Waals surface area contributed by atoms with Gasteiger partial charge in [-0.25, -0.2) is 0 Å². The lowest BCUT2D eigenvalue weighted by Crippen LogP contribution is -2.20. The third kappa shape index (κ3) is 2.30. The highest BCUT2D eigenvalue weighted by molar-refractivity contribution is 6.34. The lowest BCUT2D eigenvalue weighted by Gasteiger charge is -2.07. The topological polar surface area (TPSA) is 88.5 Å². The van der Waals surface area contributed by atoms with Crippen molar-refractivity contribution in [2.24, 2.45) is 7.05 Å². The summed E-state index contributed by atoms with van der Waals surface area (Å²) in [6.07, 6.45) is 2.79. The quantitative estimate of drug-likeness (QED) is 0.919. The number of amides is 1. The van der Waals surface area contributed by atoms with E-state index in [9.17, 15) is 4.79 Å². The minimum absolute atomic E-state index is 0.259. The molecule has 98 valence electrons. The van der Waals surface area contributed by atoms with Crippen LogP contribution >= 0.6 is 11.6 Å². The van der Waals surface area contributed by atoms with Gasteiger partial charge in [-0.15, -0.1) is 0 Å². The summed E-state index contributed by atoms with van der Waals surface area (Å²) in [6, 6.07) is 1.96. The van der Waals surface area contributed by atoms with Crippen molar-refractivity contribution in [1.82, 2.24) is 19.6 Å². The van der Waals surface area contributed by atoms with E-state index in [0.717, 1.165) is 0 Å². The molecule has 2 aromatic heterocycles. The molecule has 0 aliphatic carbocycles. The monoisotopic (exact) mass is 278 g/mol. The highest BCUT2D eigenvalue weighted by Gasteiger charge is 2.19. The molecule has 2 rings (SSSR count). The van der Waals surface area contributed by atoms with Crippen LogP contribution in [0.4, 0.5) is 5.82 Å². The average molecular weight is 279 g/mol. The fourth-order valence-electron chi connectivity index (χ4n) is 1.66. The minimum Gasteiger partial charge on any atom is -0.304 e. The molecule has 1 amide bonds. The number of hydrogen-bond acceptors (Lipinski definition) is 4. The van der Waals surface area contributed by atoms with Crippen LogP contribution in [0.5, 0.6) is 0 Å². The maximum Gasteiger partial charge on any atom is 0.276 e. The van der Waals surface area contributed by atoms with Crippen molar-refractivity contribution in [3.05, 3.63) is 28.7 Å². The van der Waals surface area contributed by atoms with E-state index in [0.29, 0.717) is 12.4 Å². The Morgan fingerprint density at radius 1 is 1.53 bits per heavy atom. The Balaban J connectivity index is 2.34. The molecular weight excluding hydrogens is 268 g/mol. The summed E-state index contributed by atoms with van der Waals surface area (Å²) in [4.78, 5) is 12.2. The molecule has 0 saturated heterocycles. The fraction of sp³-hybridized carbons (Fsp3) is 0.273. The number of hydrogen-bond donors (Lipinski definition) is 1. The van der Waals surface area contributed by atoms with Gasteiger partial charge in [0.1, 0.15) is 23.1 Å². The molecular formula is C11H11ClN6O. The van der Waals surface area contributed by atoms with Gasteiger partial charge in [0.15, 0.2) is 0 Å². The Kier molecular flexibility index (Phi) is 3.53. The smallest absolute Gasteiger partial charge is 0.276 e. The Bertz CT molecular complexity index is 665. The summed E-state index contributed by atoms with van der Waals surface area (Å²) in [5.41, 5.74) is 0.545. The fourth-order valence-corrected chi connectivity index (χ4v) is 1.89. The van der Waals surface area contributed by atoms with E-state index in [-0.39, 0.29) is 16.3 Å². The average Bonchev–Trinajstić information content (AvgIpc) is 2.93. The van der Waals surface area contributed by atoms with E-state index in [1.165, 1.54) is 21.8 Å². The van der Waals surface area contributed by atoms with Crippen LogP contribution in [-0.2, 0) is 13.6 Å². The normalized spacial score (nSPS) is 10.2. The zero-order chi connectivity index (χ0) is 14.0. The molecule has 7 nitrogen and oxygen atoms in total. The first-order chi connectivity index (χ1) is 9.08. The summed E-state index contributed by atoms with van der Waals surface area (Å²) in [5, 5.41) is 19.7. The molecule has 1 N–H and O–H groups in total. The summed E-state index contributed by atoms with van der Waals surface area (Å²) < 4.78 is 2.90. The van der Waals surface area contributed by atoms with Gasteiger partial charge in [-0.3, -0.25) is 14.2 Å². The van der Waals surface area contributed by atoms with Gasteiger partial charge in [0.2, 0.25) is 0 Å². The first-order valence-electron chi connectivity index (χ1n) is 5.53. The second kappa shape index (κ2) is 5.12. The van der Waals surface area contributed by atoms with E-state index in [1.807, 2.05) is 13.0 Å². The van der Waals surface area contributed by atoms with Gasteiger partial charge in [0.25, 0.3) is 5.91 Å². The lowest BCUT2D eigenvalue weighted by atomic mass is 10.3. The number of rotatable bonds is 3. The number of carbonyl (C=O) groups is 1. The third-order valence-corrected chi connectivity index (χ3v) is 2.88. The molecule has 0 fully saturated rings. The Hall–Kier alpha value is -2.33. The van der Waals surface area contributed by atoms with Crippen LogP contribution in [-0.4, -0.2) is 25.5 Å². The van der Waals surface area contributed by atoms with Crippen molar-refractivity contribution in [2.75, 3.05) is 5.32 Å². The van der Waals surface area contributed by atoms with E-state index >= 15 is 0 Å². The predicted molar refractivity (Wildman–Crippen MR) is 68.8 cm³/mol. The SMILES string of the molecule is CCn1ncc(Cl)c1C(=O)Nc1c(C#N)cnn1C. The van der Waals surface area contributed by atoms with E-state index < -0.39 is 5.91 Å². The number of anilines is 1. The molecule has 19 heavy (non-hydrogen) atoms. The maximum atomic E-state index is 12.2. The van der Waals surface area contributed by atoms with Crippen LogP contribution in [0.1, 0.15) is 23.0 Å². The molecule has 0 saturated carbocycles. The molecule has 8 heteroatoms. The van der Waals surface area contributed by atoms with Gasteiger partial charge in [-0.1, -0.05) is 11.6 Å². The molecule has 0 atom stereocenters. The number of halogens is 1. The molecule has 2 aromatic rings. The molecule has 0 aliphatic rings. The first kappa shape index (κ1) is 13.1. The van der Waals surface area contributed by atoms with Gasteiger partial charge in [-0.2, -0.15) is 15.5 Å². The van der Waals surface area contributed by atoms with Gasteiger partial charge < -0.3 is 5.32 Å². The van der Waals surface area contributed by atoms with Crippen molar-refractivity contribution in [2.45, 2.75) is 13.5 Å². The molecule has 0 radical (unpaired) electrons. The standard InChI is InChI=1S/C11H11ClN6O/c1-3-18-9(8(12)6-15-18)11(19)16-10-7(4-13)5-14-17(10)2/h5-6H,3H2,1-2H3,(H,16,19). The second-order valence-electron chi connectivity index (χ2n) is 3.75. The minimum atomic E-state index is -0.426. The molecule has 0 aliphatic heterocycles. The van der Waals surface area contributed by atoms with Crippen molar-refractivity contribution in [3.8, 4) is 6.07 Å². The van der Waals surface area contributed by atoms with Crippen LogP contribution in [0.25, 0.3) is 0 Å². The summed E-state index contributed by atoms with van der Waals surface area (Å²) in [5.74, 6) is -0.100. The Labute approximate surface area is 114 Å². The number of carbonyl (C=O) groups excluding carboxylic acids is 1. The van der Waals surface area contributed by atoms with Gasteiger partial charge in [0.05, 0.1) is 17.4 Å². The van der Waals surface area contributed by atoms with Crippen LogP contribution in [0.2, 0.25) is 5.02 Å². The highest BCUT2D eigenvalue weighted by atomic mass is 35.5. The summed E-state index contributed by atoms with van der Waals surface area (Å²) in [6.45, 7) is 2.37. The zero-order valence-electron chi connectivity index (χ0n) is 10.4. The number of aromatic nitrogens is 4. The molecule has 0 bridgehead atoms. The lowest BCUT2D eigenvalue weighted by molar-refractivity contribution is 0.101. The third-order valence-electron chi connectivity index (χ3n) is 2.60. The molecule has 0 spiro atoms. The van der Waals surface area contributed by atoms with Gasteiger partial charge >= 0.3 is 0 Å². The highest BCUT2D eigenvalue weighted by Crippen LogP contribution is 2.19. The second-order valence-corrected chi connectivity index (χ2v) is 4.16. The number of nitrogens with one attached hydrogen (secondary N) is 1. The van der Waals surface area contributed by atoms with Crippen molar-refractivity contribution in [1.29, 1.82) is 5.26 Å². The zero-order valence-corrected chi connectivity index (χ0v) is 11.1. The predicted octanol–water partition coefficient (Wildman–Crippen LogP) is 1.41. The molecule has 2 heterocycles.